The quantitative estimate of drug-likeness (QED) is 0.789. The molecule has 0 aromatic heterocycles. The third-order valence-electron chi connectivity index (χ3n) is 3.36. The fourth-order valence-corrected chi connectivity index (χ4v) is 2.27. The van der Waals surface area contributed by atoms with Gasteiger partial charge >= 0.3 is 0 Å². The summed E-state index contributed by atoms with van der Waals surface area (Å²) >= 11 is 0. The van der Waals surface area contributed by atoms with Crippen molar-refractivity contribution in [2.24, 2.45) is 0 Å². The summed E-state index contributed by atoms with van der Waals surface area (Å²) in [6.45, 7) is 1.26. The van der Waals surface area contributed by atoms with Gasteiger partial charge in [0.25, 0.3) is 0 Å². The SMILES string of the molecule is Nc1ccc(CCC(=O)N2CCCC(O)C2)cc1. The van der Waals surface area contributed by atoms with Crippen molar-refractivity contribution in [3.8, 4) is 0 Å². The van der Waals surface area contributed by atoms with Crippen molar-refractivity contribution in [2.75, 3.05) is 18.8 Å². The molecule has 1 amide bonds. The minimum Gasteiger partial charge on any atom is -0.399 e. The molecule has 1 saturated heterocycles. The van der Waals surface area contributed by atoms with Crippen LogP contribution in [0.3, 0.4) is 0 Å². The van der Waals surface area contributed by atoms with Crippen molar-refractivity contribution in [2.45, 2.75) is 31.8 Å². The fourth-order valence-electron chi connectivity index (χ4n) is 2.27. The van der Waals surface area contributed by atoms with E-state index in [1.165, 1.54) is 0 Å². The highest BCUT2D eigenvalue weighted by atomic mass is 16.3. The fraction of sp³-hybridized carbons (Fsp3) is 0.500. The van der Waals surface area contributed by atoms with Gasteiger partial charge in [-0.25, -0.2) is 0 Å². The molecule has 0 spiro atoms. The summed E-state index contributed by atoms with van der Waals surface area (Å²) in [7, 11) is 0. The standard InChI is InChI=1S/C14H20N2O2/c15-12-6-3-11(4-7-12)5-8-14(18)16-9-1-2-13(17)10-16/h3-4,6-7,13,17H,1-2,5,8-10,15H2. The van der Waals surface area contributed by atoms with Gasteiger partial charge in [-0.3, -0.25) is 4.79 Å². The Morgan fingerprint density at radius 1 is 1.39 bits per heavy atom. The second kappa shape index (κ2) is 5.87. The van der Waals surface area contributed by atoms with Gasteiger partial charge in [0.05, 0.1) is 6.10 Å². The Morgan fingerprint density at radius 3 is 2.78 bits per heavy atom. The van der Waals surface area contributed by atoms with Crippen LogP contribution in [-0.2, 0) is 11.2 Å². The van der Waals surface area contributed by atoms with Crippen LogP contribution in [0.4, 0.5) is 5.69 Å². The number of carbonyl (C=O) groups is 1. The average molecular weight is 248 g/mol. The molecule has 0 saturated carbocycles. The van der Waals surface area contributed by atoms with E-state index >= 15 is 0 Å². The number of piperidine rings is 1. The molecular weight excluding hydrogens is 228 g/mol. The highest BCUT2D eigenvalue weighted by Gasteiger charge is 2.21. The number of nitrogens with zero attached hydrogens (tertiary/aromatic N) is 1. The molecule has 98 valence electrons. The van der Waals surface area contributed by atoms with Crippen LogP contribution in [0.2, 0.25) is 0 Å². The second-order valence-electron chi connectivity index (χ2n) is 4.88. The topological polar surface area (TPSA) is 66.6 Å². The minimum atomic E-state index is -0.348. The first-order valence-electron chi connectivity index (χ1n) is 6.45. The number of likely N-dealkylation sites (tertiary alicyclic amines) is 1. The molecule has 1 aliphatic heterocycles. The zero-order chi connectivity index (χ0) is 13.0. The van der Waals surface area contributed by atoms with Gasteiger partial charge in [-0.15, -0.1) is 0 Å². The summed E-state index contributed by atoms with van der Waals surface area (Å²) in [6.07, 6.45) is 2.58. The number of hydrogen-bond donors (Lipinski definition) is 2. The number of aliphatic hydroxyl groups excluding tert-OH is 1. The van der Waals surface area contributed by atoms with Crippen LogP contribution in [0.1, 0.15) is 24.8 Å². The van der Waals surface area contributed by atoms with E-state index in [-0.39, 0.29) is 12.0 Å². The van der Waals surface area contributed by atoms with Crippen molar-refractivity contribution in [1.82, 2.24) is 4.90 Å². The van der Waals surface area contributed by atoms with Gasteiger partial charge in [-0.05, 0) is 37.0 Å². The zero-order valence-electron chi connectivity index (χ0n) is 10.5. The van der Waals surface area contributed by atoms with E-state index in [2.05, 4.69) is 0 Å². The van der Waals surface area contributed by atoms with E-state index in [0.717, 1.165) is 37.1 Å². The Bertz CT molecular complexity index is 403. The first-order chi connectivity index (χ1) is 8.65. The molecule has 4 heteroatoms. The zero-order valence-corrected chi connectivity index (χ0v) is 10.5. The average Bonchev–Trinajstić information content (AvgIpc) is 2.38. The number of anilines is 1. The van der Waals surface area contributed by atoms with Crippen LogP contribution >= 0.6 is 0 Å². The molecule has 3 N–H and O–H groups in total. The third kappa shape index (κ3) is 3.47. The van der Waals surface area contributed by atoms with E-state index < -0.39 is 0 Å². The van der Waals surface area contributed by atoms with Crippen LogP contribution in [0.15, 0.2) is 24.3 Å². The largest absolute Gasteiger partial charge is 0.399 e. The molecule has 0 bridgehead atoms. The van der Waals surface area contributed by atoms with Crippen LogP contribution in [-0.4, -0.2) is 35.1 Å². The summed E-state index contributed by atoms with van der Waals surface area (Å²) in [4.78, 5) is 13.7. The molecule has 1 aliphatic rings. The van der Waals surface area contributed by atoms with Crippen LogP contribution in [0.25, 0.3) is 0 Å². The maximum atomic E-state index is 12.0. The van der Waals surface area contributed by atoms with Gasteiger partial charge in [0, 0.05) is 25.2 Å². The van der Waals surface area contributed by atoms with Gasteiger partial charge in [-0.2, -0.15) is 0 Å². The minimum absolute atomic E-state index is 0.130. The Kier molecular flexibility index (Phi) is 4.20. The van der Waals surface area contributed by atoms with E-state index in [1.807, 2.05) is 24.3 Å². The maximum Gasteiger partial charge on any atom is 0.222 e. The molecule has 18 heavy (non-hydrogen) atoms. The number of rotatable bonds is 3. The summed E-state index contributed by atoms with van der Waals surface area (Å²) in [6, 6.07) is 7.61. The molecular formula is C14H20N2O2. The van der Waals surface area contributed by atoms with Gasteiger partial charge < -0.3 is 15.7 Å². The molecule has 1 heterocycles. The lowest BCUT2D eigenvalue weighted by Crippen LogP contribution is -2.42. The number of aryl methyl sites for hydroxylation is 1. The van der Waals surface area contributed by atoms with E-state index in [9.17, 15) is 9.90 Å². The number of carbonyl (C=O) groups excluding carboxylic acids is 1. The van der Waals surface area contributed by atoms with E-state index in [4.69, 9.17) is 5.73 Å². The van der Waals surface area contributed by atoms with Gasteiger partial charge in [0.2, 0.25) is 5.91 Å². The number of nitrogens with two attached hydrogens (primary N) is 1. The van der Waals surface area contributed by atoms with Gasteiger partial charge in [0.1, 0.15) is 0 Å². The Morgan fingerprint density at radius 2 is 2.11 bits per heavy atom. The van der Waals surface area contributed by atoms with Crippen LogP contribution in [0.5, 0.6) is 0 Å². The number of nitrogen functional groups attached to an aromatic ring is 1. The Hall–Kier alpha value is -1.55. The lowest BCUT2D eigenvalue weighted by atomic mass is 10.1. The Labute approximate surface area is 107 Å². The van der Waals surface area contributed by atoms with Crippen molar-refractivity contribution in [1.29, 1.82) is 0 Å². The van der Waals surface area contributed by atoms with Gasteiger partial charge in [0.15, 0.2) is 0 Å². The molecule has 2 rings (SSSR count). The first kappa shape index (κ1) is 12.9. The van der Waals surface area contributed by atoms with Crippen molar-refractivity contribution in [3.63, 3.8) is 0 Å². The number of β-amino-alcohol motifs (C(OH)–C–C–N with tert-alkyl or cyclic N) is 1. The van der Waals surface area contributed by atoms with E-state index in [1.54, 1.807) is 4.90 Å². The number of aliphatic hydroxyl groups is 1. The third-order valence-corrected chi connectivity index (χ3v) is 3.36. The molecule has 1 unspecified atom stereocenters. The van der Waals surface area contributed by atoms with Crippen molar-refractivity contribution in [3.05, 3.63) is 29.8 Å². The molecule has 1 atom stereocenters. The molecule has 0 radical (unpaired) electrons. The number of amides is 1. The Balaban J connectivity index is 1.82. The second-order valence-corrected chi connectivity index (χ2v) is 4.88. The van der Waals surface area contributed by atoms with Crippen LogP contribution < -0.4 is 5.73 Å². The number of hydrogen-bond acceptors (Lipinski definition) is 3. The van der Waals surface area contributed by atoms with E-state index in [0.29, 0.717) is 13.0 Å². The summed E-state index contributed by atoms with van der Waals surface area (Å²) in [5, 5.41) is 9.54. The highest BCUT2D eigenvalue weighted by molar-refractivity contribution is 5.76. The summed E-state index contributed by atoms with van der Waals surface area (Å²) < 4.78 is 0. The summed E-state index contributed by atoms with van der Waals surface area (Å²) in [5.74, 6) is 0.130. The number of benzene rings is 1. The van der Waals surface area contributed by atoms with Crippen molar-refractivity contribution >= 4 is 11.6 Å². The molecule has 1 fully saturated rings. The first-order valence-corrected chi connectivity index (χ1v) is 6.45. The molecule has 0 aliphatic carbocycles. The molecule has 1 aromatic carbocycles. The van der Waals surface area contributed by atoms with Crippen LogP contribution in [0, 0.1) is 0 Å². The summed E-state index contributed by atoms with van der Waals surface area (Å²) in [5.41, 5.74) is 7.47. The predicted molar refractivity (Wildman–Crippen MR) is 71.0 cm³/mol. The lowest BCUT2D eigenvalue weighted by molar-refractivity contribution is -0.134. The maximum absolute atomic E-state index is 12.0. The van der Waals surface area contributed by atoms with Crippen molar-refractivity contribution < 1.29 is 9.90 Å². The normalized spacial score (nSPS) is 19.8. The highest BCUT2D eigenvalue weighted by Crippen LogP contribution is 2.13. The monoisotopic (exact) mass is 248 g/mol. The lowest BCUT2D eigenvalue weighted by Gasteiger charge is -2.30. The smallest absolute Gasteiger partial charge is 0.222 e. The molecule has 1 aromatic rings. The van der Waals surface area contributed by atoms with Gasteiger partial charge in [-0.1, -0.05) is 12.1 Å². The predicted octanol–water partition coefficient (Wildman–Crippen LogP) is 1.18. The molecule has 4 nitrogen and oxygen atoms in total.